The van der Waals surface area contributed by atoms with Gasteiger partial charge in [0.2, 0.25) is 0 Å². The van der Waals surface area contributed by atoms with Crippen LogP contribution in [-0.2, 0) is 17.8 Å². The first-order valence-electron chi connectivity index (χ1n) is 11.4. The molecule has 1 aliphatic rings. The quantitative estimate of drug-likeness (QED) is 0.299. The molecule has 7 heteroatoms. The Morgan fingerprint density at radius 2 is 1.85 bits per heavy atom. The van der Waals surface area contributed by atoms with Gasteiger partial charge < -0.3 is 21.5 Å². The SMILES string of the molecule is NCc1cccc(-c2cc(C(=O)Nc3ccccc3CC(=O)O)cc(NCC3CC3)c2C=[NH2+])c1. The van der Waals surface area contributed by atoms with Gasteiger partial charge in [-0.1, -0.05) is 36.4 Å². The van der Waals surface area contributed by atoms with Crippen LogP contribution in [-0.4, -0.2) is 29.7 Å². The van der Waals surface area contributed by atoms with Gasteiger partial charge in [-0.05, 0) is 65.3 Å². The van der Waals surface area contributed by atoms with E-state index in [-0.39, 0.29) is 12.3 Å². The van der Waals surface area contributed by atoms with Gasteiger partial charge in [0.15, 0.2) is 6.21 Å². The Morgan fingerprint density at radius 3 is 2.56 bits per heavy atom. The first-order chi connectivity index (χ1) is 16.5. The maximum Gasteiger partial charge on any atom is 0.307 e. The lowest BCUT2D eigenvalue weighted by Gasteiger charge is -2.16. The van der Waals surface area contributed by atoms with Crippen molar-refractivity contribution < 1.29 is 20.1 Å². The number of hydrogen-bond acceptors (Lipinski definition) is 4. The van der Waals surface area contributed by atoms with Crippen LogP contribution < -0.4 is 21.8 Å². The molecule has 0 heterocycles. The fourth-order valence-corrected chi connectivity index (χ4v) is 3.94. The molecule has 3 aromatic rings. The molecule has 0 radical (unpaired) electrons. The van der Waals surface area contributed by atoms with Crippen LogP contribution in [0.2, 0.25) is 0 Å². The van der Waals surface area contributed by atoms with Gasteiger partial charge in [-0.3, -0.25) is 15.0 Å². The molecule has 7 nitrogen and oxygen atoms in total. The average molecular weight is 458 g/mol. The van der Waals surface area contributed by atoms with E-state index < -0.39 is 5.97 Å². The van der Waals surface area contributed by atoms with Crippen molar-refractivity contribution in [3.8, 4) is 11.1 Å². The van der Waals surface area contributed by atoms with E-state index in [2.05, 4.69) is 10.6 Å². The van der Waals surface area contributed by atoms with Crippen LogP contribution in [0.1, 0.15) is 39.9 Å². The van der Waals surface area contributed by atoms with E-state index >= 15 is 0 Å². The Bertz CT molecular complexity index is 1230. The van der Waals surface area contributed by atoms with Gasteiger partial charge in [0.25, 0.3) is 5.91 Å². The molecule has 4 rings (SSSR count). The summed E-state index contributed by atoms with van der Waals surface area (Å²) in [6.45, 7) is 1.22. The minimum Gasteiger partial charge on any atom is -0.481 e. The van der Waals surface area contributed by atoms with Crippen LogP contribution in [0.15, 0.2) is 60.7 Å². The van der Waals surface area contributed by atoms with Gasteiger partial charge in [0.05, 0.1) is 12.0 Å². The number of anilines is 2. The number of hydrogen-bond donors (Lipinski definition) is 5. The summed E-state index contributed by atoms with van der Waals surface area (Å²) >= 11 is 0. The lowest BCUT2D eigenvalue weighted by atomic mass is 9.94. The standard InChI is InChI=1S/C27H28N4O3/c28-14-18-4-3-6-19(10-18)22-11-21(12-25(23(22)15-29)30-16-17-8-9-17)27(34)31-24-7-2-1-5-20(24)13-26(32)33/h1-7,10-12,15,17,29-30H,8-9,13-14,16,28H2,(H,31,34)(H,32,33)/p+1. The van der Waals surface area contributed by atoms with Crippen LogP contribution >= 0.6 is 0 Å². The maximum atomic E-state index is 13.3. The van der Waals surface area contributed by atoms with Gasteiger partial charge in [0, 0.05) is 30.0 Å². The van der Waals surface area contributed by atoms with Crippen LogP contribution in [0, 0.1) is 5.92 Å². The zero-order valence-corrected chi connectivity index (χ0v) is 18.9. The summed E-state index contributed by atoms with van der Waals surface area (Å²) in [5, 5.41) is 21.6. The number of aliphatic carboxylic acids is 1. The lowest BCUT2D eigenvalue weighted by molar-refractivity contribution is -0.136. The van der Waals surface area contributed by atoms with E-state index in [0.717, 1.165) is 34.5 Å². The second kappa shape index (κ2) is 10.3. The number of nitrogens with two attached hydrogens (primary N) is 2. The van der Waals surface area contributed by atoms with Crippen LogP contribution in [0.3, 0.4) is 0 Å². The maximum absolute atomic E-state index is 13.3. The van der Waals surface area contributed by atoms with E-state index in [1.807, 2.05) is 30.3 Å². The third-order valence-electron chi connectivity index (χ3n) is 5.97. The van der Waals surface area contributed by atoms with Crippen LogP contribution in [0.4, 0.5) is 11.4 Å². The van der Waals surface area contributed by atoms with Crippen LogP contribution in [0.25, 0.3) is 11.1 Å². The average Bonchev–Trinajstić information content (AvgIpc) is 3.67. The number of rotatable bonds is 10. The Labute approximate surface area is 198 Å². The van der Waals surface area contributed by atoms with Crippen molar-refractivity contribution in [3.63, 3.8) is 0 Å². The normalized spacial score (nSPS) is 12.7. The highest BCUT2D eigenvalue weighted by Crippen LogP contribution is 2.33. The highest BCUT2D eigenvalue weighted by Gasteiger charge is 2.23. The first kappa shape index (κ1) is 23.2. The minimum absolute atomic E-state index is 0.178. The molecule has 1 saturated carbocycles. The zero-order valence-electron chi connectivity index (χ0n) is 18.9. The van der Waals surface area contributed by atoms with Gasteiger partial charge in [-0.2, -0.15) is 0 Å². The smallest absolute Gasteiger partial charge is 0.307 e. The molecule has 1 fully saturated rings. The third-order valence-corrected chi connectivity index (χ3v) is 5.97. The molecule has 0 unspecified atom stereocenters. The minimum atomic E-state index is -0.960. The summed E-state index contributed by atoms with van der Waals surface area (Å²) in [4.78, 5) is 24.5. The lowest BCUT2D eigenvalue weighted by Crippen LogP contribution is -2.31. The molecular formula is C27H29N4O3+. The number of carboxylic acids is 1. The molecule has 1 aliphatic carbocycles. The Morgan fingerprint density at radius 1 is 1.06 bits per heavy atom. The number of para-hydroxylation sites is 1. The van der Waals surface area contributed by atoms with Crippen molar-refractivity contribution in [2.24, 2.45) is 11.7 Å². The van der Waals surface area contributed by atoms with Crippen molar-refractivity contribution in [3.05, 3.63) is 82.9 Å². The van der Waals surface area contributed by atoms with Crippen molar-refractivity contribution in [2.75, 3.05) is 17.2 Å². The molecule has 174 valence electrons. The van der Waals surface area contributed by atoms with Gasteiger partial charge in [0.1, 0.15) is 0 Å². The number of carbonyl (C=O) groups excluding carboxylic acids is 1. The number of benzene rings is 3. The summed E-state index contributed by atoms with van der Waals surface area (Å²) in [6, 6.07) is 18.4. The Balaban J connectivity index is 1.74. The zero-order chi connectivity index (χ0) is 24.1. The molecule has 7 N–H and O–H groups in total. The number of nitrogens with one attached hydrogen (secondary N) is 2. The van der Waals surface area contributed by atoms with E-state index in [0.29, 0.717) is 29.3 Å². The number of amides is 1. The molecule has 0 atom stereocenters. The van der Waals surface area contributed by atoms with Crippen molar-refractivity contribution in [1.29, 1.82) is 0 Å². The molecule has 3 aromatic carbocycles. The largest absolute Gasteiger partial charge is 0.481 e. The van der Waals surface area contributed by atoms with E-state index in [1.54, 1.807) is 36.5 Å². The van der Waals surface area contributed by atoms with Crippen molar-refractivity contribution in [2.45, 2.75) is 25.8 Å². The van der Waals surface area contributed by atoms with E-state index in [4.69, 9.17) is 11.1 Å². The predicted molar refractivity (Wildman–Crippen MR) is 134 cm³/mol. The second-order valence-corrected chi connectivity index (χ2v) is 8.56. The monoisotopic (exact) mass is 457 g/mol. The molecular weight excluding hydrogens is 428 g/mol. The summed E-state index contributed by atoms with van der Waals surface area (Å²) in [6.07, 6.45) is 3.77. The second-order valence-electron chi connectivity index (χ2n) is 8.56. The van der Waals surface area contributed by atoms with Gasteiger partial charge >= 0.3 is 5.97 Å². The summed E-state index contributed by atoms with van der Waals surface area (Å²) in [5.74, 6) is -0.652. The first-order valence-corrected chi connectivity index (χ1v) is 11.4. The highest BCUT2D eigenvalue weighted by molar-refractivity contribution is 6.08. The number of carboxylic acid groups (broad SMARTS) is 1. The molecule has 0 aromatic heterocycles. The molecule has 0 saturated heterocycles. The predicted octanol–water partition coefficient (Wildman–Crippen LogP) is 2.69. The molecule has 0 spiro atoms. The van der Waals surface area contributed by atoms with Crippen LogP contribution in [0.5, 0.6) is 0 Å². The van der Waals surface area contributed by atoms with E-state index in [9.17, 15) is 14.7 Å². The third kappa shape index (κ3) is 5.50. The fourth-order valence-electron chi connectivity index (χ4n) is 3.94. The molecule has 0 aliphatic heterocycles. The summed E-state index contributed by atoms with van der Waals surface area (Å²) in [5.41, 5.74) is 11.6. The fraction of sp³-hybridized carbons (Fsp3) is 0.222. The van der Waals surface area contributed by atoms with Gasteiger partial charge in [-0.15, -0.1) is 0 Å². The topological polar surface area (TPSA) is 130 Å². The Kier molecular flexibility index (Phi) is 7.04. The van der Waals surface area contributed by atoms with Crippen molar-refractivity contribution in [1.82, 2.24) is 0 Å². The summed E-state index contributed by atoms with van der Waals surface area (Å²) in [7, 11) is 0. The van der Waals surface area contributed by atoms with Gasteiger partial charge in [-0.25, -0.2) is 0 Å². The Hall–Kier alpha value is -3.97. The number of carbonyl (C=O) groups is 2. The summed E-state index contributed by atoms with van der Waals surface area (Å²) < 4.78 is 0. The van der Waals surface area contributed by atoms with E-state index in [1.165, 1.54) is 12.8 Å². The molecule has 0 bridgehead atoms. The highest BCUT2D eigenvalue weighted by atomic mass is 16.4. The molecule has 34 heavy (non-hydrogen) atoms. The molecule has 1 amide bonds. The van der Waals surface area contributed by atoms with Crippen molar-refractivity contribution >= 4 is 29.5 Å².